The second kappa shape index (κ2) is 5.72. The Morgan fingerprint density at radius 3 is 2.38 bits per heavy atom. The Morgan fingerprint density at radius 1 is 1.38 bits per heavy atom. The van der Waals surface area contributed by atoms with Crippen LogP contribution in [0.25, 0.3) is 0 Å². The summed E-state index contributed by atoms with van der Waals surface area (Å²) in [4.78, 5) is 0. The number of hydrogen-bond acceptors (Lipinski definition) is 2. The molecule has 0 radical (unpaired) electrons. The Labute approximate surface area is 102 Å². The first-order valence-corrected chi connectivity index (χ1v) is 4.47. The van der Waals surface area contributed by atoms with Crippen LogP contribution in [-0.4, -0.2) is 11.7 Å². The molecule has 0 spiro atoms. The minimum atomic E-state index is -4.51. The number of hydrogen-bond donors (Lipinski definition) is 2. The molecular formula is C9H10Cl2F3NO. The number of alkyl halides is 3. The van der Waals surface area contributed by atoms with E-state index in [2.05, 4.69) is 0 Å². The van der Waals surface area contributed by atoms with E-state index in [-0.39, 0.29) is 23.0 Å². The van der Waals surface area contributed by atoms with Crippen molar-refractivity contribution in [3.05, 3.63) is 34.3 Å². The summed E-state index contributed by atoms with van der Waals surface area (Å²) < 4.78 is 37.2. The maximum Gasteiger partial charge on any atom is 0.417 e. The molecule has 0 aliphatic rings. The number of halogens is 5. The van der Waals surface area contributed by atoms with E-state index >= 15 is 0 Å². The van der Waals surface area contributed by atoms with Gasteiger partial charge in [-0.05, 0) is 17.7 Å². The molecule has 3 N–H and O–H groups in total. The van der Waals surface area contributed by atoms with Crippen LogP contribution in [0, 0.1) is 0 Å². The van der Waals surface area contributed by atoms with Gasteiger partial charge >= 0.3 is 6.18 Å². The van der Waals surface area contributed by atoms with Gasteiger partial charge in [-0.2, -0.15) is 13.2 Å². The second-order valence-electron chi connectivity index (χ2n) is 3.03. The summed E-state index contributed by atoms with van der Waals surface area (Å²) in [6, 6.07) is 2.50. The maximum atomic E-state index is 12.4. The Morgan fingerprint density at radius 2 is 1.94 bits per heavy atom. The first-order valence-electron chi connectivity index (χ1n) is 4.09. The fourth-order valence-corrected chi connectivity index (χ4v) is 1.32. The van der Waals surface area contributed by atoms with Crippen molar-refractivity contribution in [3.8, 4) is 0 Å². The fraction of sp³-hybridized carbons (Fsp3) is 0.333. The molecule has 0 aliphatic carbocycles. The van der Waals surface area contributed by atoms with Crippen LogP contribution in [0.3, 0.4) is 0 Å². The molecular weight excluding hydrogens is 266 g/mol. The van der Waals surface area contributed by atoms with Crippen molar-refractivity contribution in [1.82, 2.24) is 0 Å². The highest BCUT2D eigenvalue weighted by atomic mass is 35.5. The van der Waals surface area contributed by atoms with Crippen LogP contribution < -0.4 is 5.73 Å². The summed E-state index contributed by atoms with van der Waals surface area (Å²) in [5.74, 6) is 0. The van der Waals surface area contributed by atoms with Gasteiger partial charge in [0, 0.05) is 0 Å². The summed E-state index contributed by atoms with van der Waals surface area (Å²) in [5.41, 5.74) is 4.66. The standard InChI is InChI=1S/C9H9ClF3NO.ClH/c10-7-2-1-5(8(14)4-15)3-6(7)9(11,12)13;/h1-3,8,15H,4,14H2;1H/t8-;/m1./s1. The highest BCUT2D eigenvalue weighted by Gasteiger charge is 2.33. The number of rotatable bonds is 2. The van der Waals surface area contributed by atoms with E-state index in [1.807, 2.05) is 0 Å². The minimum Gasteiger partial charge on any atom is -0.394 e. The quantitative estimate of drug-likeness (QED) is 0.872. The number of benzene rings is 1. The van der Waals surface area contributed by atoms with Gasteiger partial charge in [-0.25, -0.2) is 0 Å². The molecule has 0 fully saturated rings. The van der Waals surface area contributed by atoms with E-state index in [1.54, 1.807) is 0 Å². The summed E-state index contributed by atoms with van der Waals surface area (Å²) >= 11 is 5.41. The van der Waals surface area contributed by atoms with Crippen molar-refractivity contribution >= 4 is 24.0 Å². The van der Waals surface area contributed by atoms with Gasteiger partial charge in [0.25, 0.3) is 0 Å². The Balaban J connectivity index is 0.00000225. The molecule has 0 aromatic heterocycles. The van der Waals surface area contributed by atoms with Crippen LogP contribution in [0.4, 0.5) is 13.2 Å². The molecule has 1 atom stereocenters. The minimum absolute atomic E-state index is 0. The second-order valence-corrected chi connectivity index (χ2v) is 3.43. The monoisotopic (exact) mass is 275 g/mol. The average Bonchev–Trinajstić information content (AvgIpc) is 2.15. The fourth-order valence-electron chi connectivity index (χ4n) is 1.10. The molecule has 2 nitrogen and oxygen atoms in total. The predicted octanol–water partition coefficient (Wildman–Crippen LogP) is 2.77. The third-order valence-electron chi connectivity index (χ3n) is 1.92. The van der Waals surface area contributed by atoms with E-state index in [0.717, 1.165) is 12.1 Å². The largest absolute Gasteiger partial charge is 0.417 e. The molecule has 1 rings (SSSR count). The van der Waals surface area contributed by atoms with E-state index in [4.69, 9.17) is 22.4 Å². The highest BCUT2D eigenvalue weighted by molar-refractivity contribution is 6.31. The predicted molar refractivity (Wildman–Crippen MR) is 57.7 cm³/mol. The summed E-state index contributed by atoms with van der Waals surface area (Å²) in [7, 11) is 0. The van der Waals surface area contributed by atoms with Gasteiger partial charge in [-0.3, -0.25) is 0 Å². The van der Waals surface area contributed by atoms with E-state index < -0.39 is 24.4 Å². The Hall–Kier alpha value is -0.490. The van der Waals surface area contributed by atoms with E-state index in [1.165, 1.54) is 6.07 Å². The van der Waals surface area contributed by atoms with Gasteiger partial charge in [-0.15, -0.1) is 12.4 Å². The lowest BCUT2D eigenvalue weighted by atomic mass is 10.0. The van der Waals surface area contributed by atoms with Crippen LogP contribution in [0.5, 0.6) is 0 Å². The molecule has 0 aliphatic heterocycles. The first kappa shape index (κ1) is 15.5. The van der Waals surface area contributed by atoms with Gasteiger partial charge in [-0.1, -0.05) is 17.7 Å². The van der Waals surface area contributed by atoms with Crippen LogP contribution in [0.15, 0.2) is 18.2 Å². The van der Waals surface area contributed by atoms with Crippen molar-refractivity contribution < 1.29 is 18.3 Å². The van der Waals surface area contributed by atoms with Gasteiger partial charge in [0.1, 0.15) is 0 Å². The van der Waals surface area contributed by atoms with Gasteiger partial charge in [0.15, 0.2) is 0 Å². The zero-order valence-corrected chi connectivity index (χ0v) is 9.53. The molecule has 0 unspecified atom stereocenters. The maximum absolute atomic E-state index is 12.4. The normalized spacial score (nSPS) is 13.1. The topological polar surface area (TPSA) is 46.2 Å². The average molecular weight is 276 g/mol. The van der Waals surface area contributed by atoms with Crippen molar-refractivity contribution in [3.63, 3.8) is 0 Å². The third kappa shape index (κ3) is 3.52. The molecule has 0 saturated heterocycles. The van der Waals surface area contributed by atoms with E-state index in [9.17, 15) is 13.2 Å². The number of aliphatic hydroxyl groups excluding tert-OH is 1. The summed E-state index contributed by atoms with van der Waals surface area (Å²) in [6.45, 7) is -0.418. The molecule has 0 heterocycles. The highest BCUT2D eigenvalue weighted by Crippen LogP contribution is 2.35. The van der Waals surface area contributed by atoms with Crippen molar-refractivity contribution in [2.75, 3.05) is 6.61 Å². The Bertz CT molecular complexity index is 357. The SMILES string of the molecule is Cl.N[C@H](CO)c1ccc(Cl)c(C(F)(F)F)c1. The zero-order chi connectivity index (χ0) is 11.6. The third-order valence-corrected chi connectivity index (χ3v) is 2.25. The molecule has 1 aromatic rings. The van der Waals surface area contributed by atoms with Gasteiger partial charge < -0.3 is 10.8 Å². The molecule has 7 heteroatoms. The zero-order valence-electron chi connectivity index (χ0n) is 7.96. The molecule has 16 heavy (non-hydrogen) atoms. The van der Waals surface area contributed by atoms with Crippen molar-refractivity contribution in [1.29, 1.82) is 0 Å². The lowest BCUT2D eigenvalue weighted by molar-refractivity contribution is -0.137. The van der Waals surface area contributed by atoms with Crippen LogP contribution in [0.2, 0.25) is 5.02 Å². The lowest BCUT2D eigenvalue weighted by Crippen LogP contribution is -2.16. The van der Waals surface area contributed by atoms with Crippen LogP contribution >= 0.6 is 24.0 Å². The van der Waals surface area contributed by atoms with Gasteiger partial charge in [0.2, 0.25) is 0 Å². The molecule has 92 valence electrons. The molecule has 0 amide bonds. The first-order chi connectivity index (χ1) is 6.86. The summed E-state index contributed by atoms with van der Waals surface area (Å²) in [6.07, 6.45) is -4.51. The van der Waals surface area contributed by atoms with Crippen LogP contribution in [0.1, 0.15) is 17.2 Å². The smallest absolute Gasteiger partial charge is 0.394 e. The van der Waals surface area contributed by atoms with Crippen molar-refractivity contribution in [2.45, 2.75) is 12.2 Å². The molecule has 0 saturated carbocycles. The van der Waals surface area contributed by atoms with Crippen molar-refractivity contribution in [2.24, 2.45) is 5.73 Å². The molecule has 1 aromatic carbocycles. The summed E-state index contributed by atoms with van der Waals surface area (Å²) in [5, 5.41) is 8.33. The van der Waals surface area contributed by atoms with Crippen LogP contribution in [-0.2, 0) is 6.18 Å². The number of nitrogens with two attached hydrogens (primary N) is 1. The Kier molecular flexibility index (Phi) is 5.55. The molecule has 0 bridgehead atoms. The van der Waals surface area contributed by atoms with Gasteiger partial charge in [0.05, 0.1) is 23.2 Å². The number of aliphatic hydroxyl groups is 1. The lowest BCUT2D eigenvalue weighted by Gasteiger charge is -2.13. The van der Waals surface area contributed by atoms with E-state index in [0.29, 0.717) is 0 Å².